The molecule has 0 unspecified atom stereocenters. The van der Waals surface area contributed by atoms with E-state index in [-0.39, 0.29) is 0 Å². The van der Waals surface area contributed by atoms with Crippen LogP contribution in [0.15, 0.2) is 22.4 Å². The highest BCUT2D eigenvalue weighted by atomic mass is 32.1. The van der Waals surface area contributed by atoms with Crippen molar-refractivity contribution in [3.05, 3.63) is 23.1 Å². The number of nitrogen functional groups attached to an aromatic ring is 1. The van der Waals surface area contributed by atoms with Gasteiger partial charge in [0.1, 0.15) is 0 Å². The number of thiophene rings is 1. The summed E-state index contributed by atoms with van der Waals surface area (Å²) in [7, 11) is 0. The van der Waals surface area contributed by atoms with Crippen molar-refractivity contribution in [1.29, 1.82) is 0 Å². The molecule has 0 amide bonds. The van der Waals surface area contributed by atoms with Gasteiger partial charge in [-0.15, -0.1) is 24.0 Å². The van der Waals surface area contributed by atoms with E-state index in [0.717, 1.165) is 17.0 Å². The van der Waals surface area contributed by atoms with E-state index >= 15 is 0 Å². The van der Waals surface area contributed by atoms with Crippen LogP contribution in [0.3, 0.4) is 0 Å². The molecular formula is C10H11NS2. The number of anilines is 1. The lowest BCUT2D eigenvalue weighted by Gasteiger charge is -2.00. The van der Waals surface area contributed by atoms with E-state index in [9.17, 15) is 0 Å². The molecule has 1 aromatic carbocycles. The molecule has 0 aliphatic rings. The lowest BCUT2D eigenvalue weighted by molar-refractivity contribution is 1.16. The Hall–Kier alpha value is -0.670. The van der Waals surface area contributed by atoms with Gasteiger partial charge in [-0.1, -0.05) is 6.92 Å². The number of fused-ring (bicyclic) bond motifs is 1. The average Bonchev–Trinajstić information content (AvgIpc) is 2.56. The van der Waals surface area contributed by atoms with Gasteiger partial charge in [-0.05, 0) is 29.5 Å². The number of aryl methyl sites for hydroxylation is 1. The molecule has 0 atom stereocenters. The summed E-state index contributed by atoms with van der Waals surface area (Å²) >= 11 is 6.14. The number of hydrogen-bond donors (Lipinski definition) is 2. The Kier molecular flexibility index (Phi) is 2.22. The number of rotatable bonds is 1. The molecule has 0 bridgehead atoms. The summed E-state index contributed by atoms with van der Waals surface area (Å²) in [5.41, 5.74) is 8.07. The van der Waals surface area contributed by atoms with E-state index < -0.39 is 0 Å². The molecule has 2 aromatic rings. The zero-order valence-corrected chi connectivity index (χ0v) is 9.08. The molecule has 0 fully saturated rings. The van der Waals surface area contributed by atoms with E-state index in [4.69, 9.17) is 5.73 Å². The zero-order chi connectivity index (χ0) is 9.42. The minimum atomic E-state index is 0.859. The Labute approximate surface area is 87.0 Å². The van der Waals surface area contributed by atoms with Crippen LogP contribution in [0.2, 0.25) is 0 Å². The Morgan fingerprint density at radius 2 is 2.23 bits per heavy atom. The van der Waals surface area contributed by atoms with E-state index in [1.807, 2.05) is 12.1 Å². The predicted molar refractivity (Wildman–Crippen MR) is 62.9 cm³/mol. The Morgan fingerprint density at radius 3 is 2.92 bits per heavy atom. The summed E-state index contributed by atoms with van der Waals surface area (Å²) in [6.45, 7) is 2.15. The molecule has 1 heterocycles. The van der Waals surface area contributed by atoms with E-state index in [1.165, 1.54) is 15.6 Å². The van der Waals surface area contributed by atoms with Crippen molar-refractivity contribution >= 4 is 39.7 Å². The second kappa shape index (κ2) is 3.24. The molecule has 0 radical (unpaired) electrons. The van der Waals surface area contributed by atoms with Gasteiger partial charge < -0.3 is 5.73 Å². The van der Waals surface area contributed by atoms with Crippen molar-refractivity contribution in [2.24, 2.45) is 0 Å². The van der Waals surface area contributed by atoms with Crippen LogP contribution in [-0.4, -0.2) is 0 Å². The van der Waals surface area contributed by atoms with Gasteiger partial charge in [-0.2, -0.15) is 0 Å². The Balaban J connectivity index is 2.87. The molecule has 13 heavy (non-hydrogen) atoms. The lowest BCUT2D eigenvalue weighted by atomic mass is 10.1. The molecule has 0 saturated heterocycles. The van der Waals surface area contributed by atoms with Crippen LogP contribution in [0.4, 0.5) is 5.69 Å². The molecule has 2 rings (SSSR count). The molecule has 3 heteroatoms. The fourth-order valence-electron chi connectivity index (χ4n) is 1.47. The van der Waals surface area contributed by atoms with E-state index in [0.29, 0.717) is 0 Å². The molecule has 68 valence electrons. The quantitative estimate of drug-likeness (QED) is 0.547. The first kappa shape index (κ1) is 8.91. The number of thiol groups is 1. The first-order valence-corrected chi connectivity index (χ1v) is 5.54. The largest absolute Gasteiger partial charge is 0.398 e. The van der Waals surface area contributed by atoms with Gasteiger partial charge >= 0.3 is 0 Å². The highest BCUT2D eigenvalue weighted by molar-refractivity contribution is 7.80. The van der Waals surface area contributed by atoms with Crippen LogP contribution in [-0.2, 0) is 6.42 Å². The van der Waals surface area contributed by atoms with Gasteiger partial charge in [0.15, 0.2) is 0 Å². The summed E-state index contributed by atoms with van der Waals surface area (Å²) in [4.78, 5) is 1.03. The minimum absolute atomic E-state index is 0.859. The van der Waals surface area contributed by atoms with Crippen molar-refractivity contribution in [3.8, 4) is 0 Å². The average molecular weight is 209 g/mol. The fourth-order valence-corrected chi connectivity index (χ4v) is 2.99. The molecule has 1 nitrogen and oxygen atoms in total. The number of hydrogen-bond acceptors (Lipinski definition) is 3. The maximum absolute atomic E-state index is 5.87. The van der Waals surface area contributed by atoms with Crippen molar-refractivity contribution in [2.45, 2.75) is 18.2 Å². The van der Waals surface area contributed by atoms with Gasteiger partial charge in [-0.25, -0.2) is 0 Å². The smallest absolute Gasteiger partial charge is 0.0586 e. The topological polar surface area (TPSA) is 26.0 Å². The van der Waals surface area contributed by atoms with Gasteiger partial charge in [-0.3, -0.25) is 0 Å². The van der Waals surface area contributed by atoms with Crippen molar-refractivity contribution in [2.75, 3.05) is 5.73 Å². The highest BCUT2D eigenvalue weighted by Crippen LogP contribution is 2.35. The van der Waals surface area contributed by atoms with Crippen LogP contribution in [0.1, 0.15) is 12.5 Å². The normalized spacial score (nSPS) is 10.9. The first-order valence-electron chi connectivity index (χ1n) is 4.21. The van der Waals surface area contributed by atoms with Crippen molar-refractivity contribution in [1.82, 2.24) is 0 Å². The molecule has 0 spiro atoms. The second-order valence-electron chi connectivity index (χ2n) is 2.99. The van der Waals surface area contributed by atoms with Gasteiger partial charge in [0.05, 0.1) is 4.70 Å². The van der Waals surface area contributed by atoms with Gasteiger partial charge in [0.2, 0.25) is 0 Å². The standard InChI is InChI=1S/C10H11NS2/c1-2-6-5-13-10-7(11)3-4-8(12)9(6)10/h3-5,12H,2,11H2,1H3. The van der Waals surface area contributed by atoms with E-state index in [2.05, 4.69) is 24.9 Å². The number of nitrogens with two attached hydrogens (primary N) is 1. The third-order valence-corrected chi connectivity index (χ3v) is 3.64. The molecular weight excluding hydrogens is 198 g/mol. The maximum atomic E-state index is 5.87. The summed E-state index contributed by atoms with van der Waals surface area (Å²) in [6.07, 6.45) is 1.04. The van der Waals surface area contributed by atoms with Crippen molar-refractivity contribution < 1.29 is 0 Å². The van der Waals surface area contributed by atoms with Crippen LogP contribution in [0.5, 0.6) is 0 Å². The number of benzene rings is 1. The zero-order valence-electron chi connectivity index (χ0n) is 7.37. The van der Waals surface area contributed by atoms with Crippen LogP contribution >= 0.6 is 24.0 Å². The maximum Gasteiger partial charge on any atom is 0.0586 e. The SMILES string of the molecule is CCc1csc2c(N)ccc(S)c12. The summed E-state index contributed by atoms with van der Waals surface area (Å²) in [5, 5.41) is 3.40. The molecule has 0 aliphatic carbocycles. The third-order valence-electron chi connectivity index (χ3n) is 2.19. The molecule has 0 aliphatic heterocycles. The molecule has 0 saturated carbocycles. The second-order valence-corrected chi connectivity index (χ2v) is 4.35. The molecule has 2 N–H and O–H groups in total. The van der Waals surface area contributed by atoms with Gasteiger partial charge in [0, 0.05) is 16.0 Å². The van der Waals surface area contributed by atoms with Crippen LogP contribution < -0.4 is 5.73 Å². The van der Waals surface area contributed by atoms with Gasteiger partial charge in [0.25, 0.3) is 0 Å². The minimum Gasteiger partial charge on any atom is -0.398 e. The lowest BCUT2D eigenvalue weighted by Crippen LogP contribution is -1.85. The summed E-state index contributed by atoms with van der Waals surface area (Å²) < 4.78 is 1.17. The first-order chi connectivity index (χ1) is 6.24. The Bertz CT molecular complexity index is 445. The Morgan fingerprint density at radius 1 is 1.46 bits per heavy atom. The van der Waals surface area contributed by atoms with E-state index in [1.54, 1.807) is 11.3 Å². The summed E-state index contributed by atoms with van der Waals surface area (Å²) in [5.74, 6) is 0. The van der Waals surface area contributed by atoms with Crippen molar-refractivity contribution in [3.63, 3.8) is 0 Å². The molecule has 1 aromatic heterocycles. The van der Waals surface area contributed by atoms with Crippen LogP contribution in [0, 0.1) is 0 Å². The highest BCUT2D eigenvalue weighted by Gasteiger charge is 2.07. The predicted octanol–water partition coefficient (Wildman–Crippen LogP) is 3.33. The monoisotopic (exact) mass is 209 g/mol. The third kappa shape index (κ3) is 1.32. The summed E-state index contributed by atoms with van der Waals surface area (Å²) in [6, 6.07) is 3.88. The fraction of sp³-hybridized carbons (Fsp3) is 0.200. The van der Waals surface area contributed by atoms with Crippen LogP contribution in [0.25, 0.3) is 10.1 Å².